The van der Waals surface area contributed by atoms with Gasteiger partial charge < -0.3 is 67.6 Å². The van der Waals surface area contributed by atoms with Crippen molar-refractivity contribution in [2.75, 3.05) is 59.1 Å². The number of fused-ring (bicyclic) bond motifs is 4. The maximum atomic E-state index is 13.7. The number of anilines is 1. The summed E-state index contributed by atoms with van der Waals surface area (Å²) in [7, 11) is 11.2. The van der Waals surface area contributed by atoms with E-state index in [1.54, 1.807) is 195 Å². The number of methoxy groups -OCH3 is 3. The van der Waals surface area contributed by atoms with Crippen LogP contribution in [0.5, 0.6) is 40.6 Å². The van der Waals surface area contributed by atoms with Crippen molar-refractivity contribution in [3.8, 4) is 40.6 Å². The molecular weight excluding hydrogens is 1920 g/mol. The molecule has 41 heteroatoms. The van der Waals surface area contributed by atoms with Crippen LogP contribution in [-0.4, -0.2) is 166 Å². The Kier molecular flexibility index (Phi) is 29.4. The third-order valence-electron chi connectivity index (χ3n) is 22.3. The molecule has 0 spiro atoms. The van der Waals surface area contributed by atoms with Crippen molar-refractivity contribution < 1.29 is 84.3 Å². The highest BCUT2D eigenvalue weighted by atomic mass is 35.5. The van der Waals surface area contributed by atoms with E-state index in [0.29, 0.717) is 144 Å². The molecule has 17 rings (SSSR count). The van der Waals surface area contributed by atoms with Gasteiger partial charge >= 0.3 is 6.18 Å². The standard InChI is InChI=1S/C26H24Cl2F2N4O2.C24H21Cl2F2N3O3.C23H20ClF3N4O3.C22H24ClN5O3S/c1-25(29,30)14-36-23-22(28)19-12-17(6-9-20(19)32-24(23)34-10-3-11-34)26(35,21-13-31-15-33(21)2)16-4-7-18(27)8-5-16;1-23(27,28)12-34-21-20(26)17-10-15(6-9-18(17)30-22(21)33-3)24(32,19-11-29-13-31(19)2)14-4-7-16(25)8-5-14;1-4-34-20-19(24)15-11-13(5-7-16(15)30-21(20)33-3)22(32,18-9-10-29-31(18)2)14-6-8-17(28-12-14)23(25,26)27;1-11(2)31-19-18(23)15-9-14(7-8-16(15)26-21(19)30-6)22(29,17-10-24-27-28(17)5)20-12(3)25-13(4)32-20/h4-9,12-13,15,35H,3,10-11,14H2,1-2H3;4-11,13,32H,12H2,1-3H3;5-12,32H,4H2,1-3H3;7-11,29H,1-6H3. The normalized spacial score (nSPS) is 14.1. The van der Waals surface area contributed by atoms with Crippen LogP contribution in [0.4, 0.5) is 36.6 Å². The van der Waals surface area contributed by atoms with Gasteiger partial charge in [0.15, 0.2) is 47.2 Å². The molecule has 11 heterocycles. The first-order valence-electron chi connectivity index (χ1n) is 41.8. The van der Waals surface area contributed by atoms with E-state index in [4.69, 9.17) is 108 Å². The lowest BCUT2D eigenvalue weighted by Gasteiger charge is -2.34. The van der Waals surface area contributed by atoms with E-state index < -0.39 is 59.3 Å². The molecule has 712 valence electrons. The first-order valence-corrected chi connectivity index (χ1v) is 44.9. The summed E-state index contributed by atoms with van der Waals surface area (Å²) < 4.78 is 138. The summed E-state index contributed by atoms with van der Waals surface area (Å²) in [5, 5.41) is 65.3. The summed E-state index contributed by atoms with van der Waals surface area (Å²) >= 11 is 40.4. The summed E-state index contributed by atoms with van der Waals surface area (Å²) in [6.07, 6.45) is 6.59. The minimum Gasteiger partial charge on any atom is -0.487 e. The number of nitrogens with zero attached hydrogens (tertiary/aromatic N) is 16. The first kappa shape index (κ1) is 100.0. The van der Waals surface area contributed by atoms with Crippen molar-refractivity contribution in [2.45, 2.75) is 101 Å². The van der Waals surface area contributed by atoms with E-state index in [1.807, 2.05) is 44.7 Å². The number of ether oxygens (including phenoxy) is 7. The monoisotopic (exact) mass is 2000 g/mol. The second kappa shape index (κ2) is 40.0. The molecule has 4 N–H and O–H groups in total. The quantitative estimate of drug-likeness (QED) is 0.0366. The Morgan fingerprint density at radius 1 is 0.456 bits per heavy atom. The molecule has 4 atom stereocenters. The molecule has 1 saturated heterocycles. The predicted molar refractivity (Wildman–Crippen MR) is 505 cm³/mol. The second-order valence-corrected chi connectivity index (χ2v) is 35.8. The number of aromatic nitrogens is 15. The average molecular weight is 2010 g/mol. The maximum absolute atomic E-state index is 13.7. The largest absolute Gasteiger partial charge is 0.487 e. The summed E-state index contributed by atoms with van der Waals surface area (Å²) in [4.78, 5) is 37.1. The number of aryl methyl sites for hydroxylation is 6. The highest BCUT2D eigenvalue weighted by Gasteiger charge is 2.45. The van der Waals surface area contributed by atoms with Gasteiger partial charge in [0.25, 0.3) is 29.5 Å². The first-order chi connectivity index (χ1) is 64.4. The Labute approximate surface area is 808 Å². The number of benzene rings is 6. The van der Waals surface area contributed by atoms with E-state index >= 15 is 0 Å². The molecule has 27 nitrogen and oxygen atoms in total. The SMILES string of the molecule is CCOc1c(OC)nc2ccc(C(O)(c3ccc(C(F)(F)F)nc3)c3ccnn3C)cc2c1Cl.COc1nc2ccc(C(O)(c3ccc(Cl)cc3)c3cncn3C)cc2c(Cl)c1OCC(C)(F)F.COc1nc2ccc(C(O)(c3sc(C)nc3C)c3cnnn3C)cc2c(Cl)c1OC(C)C.Cn1cncc1C(O)(c1ccc(Cl)cc1)c1ccc2nc(N3CCC3)c(OCC(C)(F)F)c(Cl)c2c1. The van der Waals surface area contributed by atoms with E-state index in [1.165, 1.54) is 49.6 Å². The molecule has 1 aliphatic heterocycles. The molecule has 1 fully saturated rings. The number of rotatable bonds is 26. The molecule has 6 aromatic carbocycles. The second-order valence-electron chi connectivity index (χ2n) is 32.3. The van der Waals surface area contributed by atoms with Crippen molar-refractivity contribution in [1.82, 2.24) is 73.8 Å². The number of thiazole rings is 1. The number of imidazole rings is 2. The molecule has 4 unspecified atom stereocenters. The lowest BCUT2D eigenvalue weighted by Crippen LogP contribution is -2.38. The topological polar surface area (TPSA) is 310 Å². The van der Waals surface area contributed by atoms with Gasteiger partial charge in [-0.3, -0.25) is 9.67 Å². The van der Waals surface area contributed by atoms with Gasteiger partial charge in [-0.2, -0.15) is 18.3 Å². The van der Waals surface area contributed by atoms with Crippen LogP contribution in [-0.2, 0) is 56.8 Å². The molecule has 0 saturated carbocycles. The zero-order valence-electron chi connectivity index (χ0n) is 75.3. The van der Waals surface area contributed by atoms with Gasteiger partial charge in [0.05, 0.1) is 140 Å². The van der Waals surface area contributed by atoms with E-state index in [-0.39, 0.29) is 55.7 Å². The molecule has 0 aliphatic carbocycles. The summed E-state index contributed by atoms with van der Waals surface area (Å²) in [5.41, 5.74) is 0.00803. The van der Waals surface area contributed by atoms with E-state index in [0.717, 1.165) is 56.3 Å². The molecule has 136 heavy (non-hydrogen) atoms. The van der Waals surface area contributed by atoms with Gasteiger partial charge in [0.1, 0.15) is 11.4 Å². The lowest BCUT2D eigenvalue weighted by atomic mass is 9.83. The third-order valence-corrected chi connectivity index (χ3v) is 25.5. The summed E-state index contributed by atoms with van der Waals surface area (Å²) in [6, 6.07) is 37.8. The third kappa shape index (κ3) is 20.0. The minimum atomic E-state index is -4.61. The van der Waals surface area contributed by atoms with E-state index in [2.05, 4.69) is 50.3 Å². The smallest absolute Gasteiger partial charge is 0.433 e. The lowest BCUT2D eigenvalue weighted by molar-refractivity contribution is -0.141. The van der Waals surface area contributed by atoms with Crippen LogP contribution < -0.4 is 38.1 Å². The van der Waals surface area contributed by atoms with Crippen LogP contribution in [0.1, 0.15) is 124 Å². The summed E-state index contributed by atoms with van der Waals surface area (Å²) in [5.74, 6) is -4.57. The van der Waals surface area contributed by atoms with Gasteiger partial charge in [-0.15, -0.1) is 16.4 Å². The van der Waals surface area contributed by atoms with Crippen LogP contribution in [0.3, 0.4) is 0 Å². The Balaban J connectivity index is 0.000000145. The number of hydrogen-bond donors (Lipinski definition) is 4. The van der Waals surface area contributed by atoms with Gasteiger partial charge in [0.2, 0.25) is 17.2 Å². The Morgan fingerprint density at radius 2 is 0.868 bits per heavy atom. The van der Waals surface area contributed by atoms with Crippen LogP contribution in [0.25, 0.3) is 43.6 Å². The average Bonchev–Trinajstić information content (AvgIpc) is 1.38. The molecule has 16 aromatic rings. The fourth-order valence-corrected chi connectivity index (χ4v) is 18.1. The van der Waals surface area contributed by atoms with Crippen molar-refractivity contribution in [2.24, 2.45) is 28.2 Å². The predicted octanol–water partition coefficient (Wildman–Crippen LogP) is 20.3. The number of pyridine rings is 5. The number of hydrogen-bond acceptors (Lipinski definition) is 24. The number of alkyl halides is 7. The maximum Gasteiger partial charge on any atom is 0.433 e. The van der Waals surface area contributed by atoms with Crippen molar-refractivity contribution in [3.05, 3.63) is 296 Å². The summed E-state index contributed by atoms with van der Waals surface area (Å²) in [6.45, 7) is 11.0. The van der Waals surface area contributed by atoms with Gasteiger partial charge in [-0.25, -0.2) is 57.1 Å². The van der Waals surface area contributed by atoms with Gasteiger partial charge in [-0.1, -0.05) is 129 Å². The molecule has 0 amide bonds. The van der Waals surface area contributed by atoms with Crippen molar-refractivity contribution >= 4 is 130 Å². The number of aliphatic hydroxyl groups is 4. The zero-order valence-corrected chi connectivity index (χ0v) is 80.6. The van der Waals surface area contributed by atoms with Crippen LogP contribution in [0.15, 0.2) is 183 Å². The zero-order chi connectivity index (χ0) is 98.2. The highest BCUT2D eigenvalue weighted by Crippen LogP contribution is 2.51. The van der Waals surface area contributed by atoms with E-state index in [9.17, 15) is 51.2 Å². The Morgan fingerprint density at radius 3 is 1.23 bits per heavy atom. The van der Waals surface area contributed by atoms with Crippen molar-refractivity contribution in [1.29, 1.82) is 0 Å². The fraction of sp³-hybridized carbons (Fsp3) is 0.295. The Hall–Kier alpha value is -12.0. The number of halogens is 13. The van der Waals surface area contributed by atoms with Crippen LogP contribution >= 0.6 is 80.9 Å². The van der Waals surface area contributed by atoms with Crippen LogP contribution in [0.2, 0.25) is 30.1 Å². The molecular formula is C95H89Cl6F7N16O11S. The Bertz CT molecular complexity index is 7070. The molecule has 0 bridgehead atoms. The fourth-order valence-electron chi connectivity index (χ4n) is 15.6. The van der Waals surface area contributed by atoms with Crippen molar-refractivity contribution in [3.63, 3.8) is 0 Å². The molecule has 1 aliphatic rings. The van der Waals surface area contributed by atoms with Gasteiger partial charge in [0, 0.05) is 105 Å². The minimum absolute atomic E-state index is 0.0194. The van der Waals surface area contributed by atoms with Crippen LogP contribution in [0, 0.1) is 13.8 Å². The molecule has 0 radical (unpaired) electrons. The molecule has 10 aromatic heterocycles. The van der Waals surface area contributed by atoms with Gasteiger partial charge in [-0.05, 0) is 159 Å². The highest BCUT2D eigenvalue weighted by molar-refractivity contribution is 7.11.